The highest BCUT2D eigenvalue weighted by Crippen LogP contribution is 2.18. The van der Waals surface area contributed by atoms with Crippen molar-refractivity contribution in [1.29, 1.82) is 0 Å². The van der Waals surface area contributed by atoms with Crippen molar-refractivity contribution in [3.8, 4) is 0 Å². The minimum atomic E-state index is 0.658. The first-order chi connectivity index (χ1) is 8.38. The molecule has 0 aliphatic carbocycles. The first-order valence-corrected chi connectivity index (χ1v) is 6.85. The molecule has 1 fully saturated rings. The summed E-state index contributed by atoms with van der Waals surface area (Å²) in [5.74, 6) is 1.99. The van der Waals surface area contributed by atoms with Crippen LogP contribution in [0.1, 0.15) is 31.9 Å². The van der Waals surface area contributed by atoms with Gasteiger partial charge in [0, 0.05) is 25.6 Å². The Kier molecular flexibility index (Phi) is 5.08. The number of rotatable bonds is 6. The monoisotopic (exact) mass is 236 g/mol. The Hall–Kier alpha value is -0.800. The van der Waals surface area contributed by atoms with E-state index in [2.05, 4.69) is 17.6 Å². The summed E-state index contributed by atoms with van der Waals surface area (Å²) in [6.07, 6.45) is 6.72. The highest BCUT2D eigenvalue weighted by Gasteiger charge is 2.19. The van der Waals surface area contributed by atoms with Crippen molar-refractivity contribution in [2.75, 3.05) is 19.6 Å². The van der Waals surface area contributed by atoms with Crippen LogP contribution >= 0.6 is 0 Å². The van der Waals surface area contributed by atoms with Crippen LogP contribution in [-0.4, -0.2) is 25.7 Å². The van der Waals surface area contributed by atoms with E-state index in [9.17, 15) is 0 Å². The SMILES string of the molecule is CCC1CCNC(CNCCc2ccco2)C1. The molecule has 3 heteroatoms. The Balaban J connectivity index is 1.58. The summed E-state index contributed by atoms with van der Waals surface area (Å²) in [7, 11) is 0. The van der Waals surface area contributed by atoms with E-state index in [1.165, 1.54) is 25.8 Å². The van der Waals surface area contributed by atoms with Gasteiger partial charge in [-0.3, -0.25) is 0 Å². The zero-order valence-corrected chi connectivity index (χ0v) is 10.7. The van der Waals surface area contributed by atoms with Crippen molar-refractivity contribution >= 4 is 0 Å². The van der Waals surface area contributed by atoms with Gasteiger partial charge in [-0.2, -0.15) is 0 Å². The lowest BCUT2D eigenvalue weighted by atomic mass is 9.90. The fourth-order valence-corrected chi connectivity index (χ4v) is 2.56. The van der Waals surface area contributed by atoms with Crippen molar-refractivity contribution in [2.45, 2.75) is 38.6 Å². The second kappa shape index (κ2) is 6.82. The molecule has 0 amide bonds. The van der Waals surface area contributed by atoms with Crippen LogP contribution in [-0.2, 0) is 6.42 Å². The fourth-order valence-electron chi connectivity index (χ4n) is 2.56. The van der Waals surface area contributed by atoms with E-state index in [0.29, 0.717) is 6.04 Å². The summed E-state index contributed by atoms with van der Waals surface area (Å²) in [6.45, 7) is 5.57. The van der Waals surface area contributed by atoms with Crippen LogP contribution in [0, 0.1) is 5.92 Å². The molecule has 2 heterocycles. The van der Waals surface area contributed by atoms with Crippen LogP contribution in [0.15, 0.2) is 22.8 Å². The summed E-state index contributed by atoms with van der Waals surface area (Å²) in [5.41, 5.74) is 0. The van der Waals surface area contributed by atoms with Gasteiger partial charge in [0.05, 0.1) is 6.26 Å². The standard InChI is InChI=1S/C14H24N2O/c1-2-12-5-8-16-13(10-12)11-15-7-6-14-4-3-9-17-14/h3-4,9,12-13,15-16H,2,5-8,10-11H2,1H3. The zero-order chi connectivity index (χ0) is 11.9. The Labute approximate surface area is 104 Å². The smallest absolute Gasteiger partial charge is 0.105 e. The molecule has 0 bridgehead atoms. The molecule has 0 radical (unpaired) electrons. The Morgan fingerprint density at radius 3 is 3.24 bits per heavy atom. The molecular weight excluding hydrogens is 212 g/mol. The van der Waals surface area contributed by atoms with Crippen LogP contribution in [0.3, 0.4) is 0 Å². The topological polar surface area (TPSA) is 37.2 Å². The van der Waals surface area contributed by atoms with Gasteiger partial charge in [0.1, 0.15) is 5.76 Å². The van der Waals surface area contributed by atoms with Crippen molar-refractivity contribution in [3.63, 3.8) is 0 Å². The van der Waals surface area contributed by atoms with Crippen LogP contribution in [0.25, 0.3) is 0 Å². The van der Waals surface area contributed by atoms with E-state index < -0.39 is 0 Å². The number of piperidine rings is 1. The van der Waals surface area contributed by atoms with E-state index in [1.54, 1.807) is 6.26 Å². The molecule has 1 aliphatic rings. The molecule has 2 rings (SSSR count). The molecule has 17 heavy (non-hydrogen) atoms. The predicted octanol–water partition coefficient (Wildman–Crippen LogP) is 2.19. The van der Waals surface area contributed by atoms with E-state index >= 15 is 0 Å². The molecule has 0 saturated carbocycles. The lowest BCUT2D eigenvalue weighted by Crippen LogP contribution is -2.44. The van der Waals surface area contributed by atoms with E-state index in [-0.39, 0.29) is 0 Å². The maximum Gasteiger partial charge on any atom is 0.105 e. The molecule has 96 valence electrons. The van der Waals surface area contributed by atoms with Gasteiger partial charge >= 0.3 is 0 Å². The van der Waals surface area contributed by atoms with Gasteiger partial charge in [-0.15, -0.1) is 0 Å². The summed E-state index contributed by atoms with van der Waals surface area (Å²) in [6, 6.07) is 4.64. The van der Waals surface area contributed by atoms with Crippen LogP contribution in [0.4, 0.5) is 0 Å². The van der Waals surface area contributed by atoms with Gasteiger partial charge in [-0.25, -0.2) is 0 Å². The third-order valence-electron chi connectivity index (χ3n) is 3.70. The maximum absolute atomic E-state index is 5.30. The van der Waals surface area contributed by atoms with Gasteiger partial charge in [-0.1, -0.05) is 13.3 Å². The summed E-state index contributed by atoms with van der Waals surface area (Å²) in [4.78, 5) is 0. The molecule has 1 aromatic heterocycles. The first-order valence-electron chi connectivity index (χ1n) is 6.85. The first kappa shape index (κ1) is 12.7. The number of furan rings is 1. The highest BCUT2D eigenvalue weighted by molar-refractivity contribution is 4.98. The number of nitrogens with one attached hydrogen (secondary N) is 2. The summed E-state index contributed by atoms with van der Waals surface area (Å²) < 4.78 is 5.30. The normalized spacial score (nSPS) is 25.0. The molecule has 2 atom stereocenters. The van der Waals surface area contributed by atoms with E-state index in [4.69, 9.17) is 4.42 Å². The van der Waals surface area contributed by atoms with E-state index in [1.807, 2.05) is 12.1 Å². The molecule has 2 unspecified atom stereocenters. The third kappa shape index (κ3) is 4.17. The zero-order valence-electron chi connectivity index (χ0n) is 10.7. The van der Waals surface area contributed by atoms with Crippen molar-refractivity contribution < 1.29 is 4.42 Å². The molecule has 0 aromatic carbocycles. The fraction of sp³-hybridized carbons (Fsp3) is 0.714. The second-order valence-corrected chi connectivity index (χ2v) is 4.98. The van der Waals surface area contributed by atoms with Crippen LogP contribution < -0.4 is 10.6 Å². The van der Waals surface area contributed by atoms with Gasteiger partial charge < -0.3 is 15.1 Å². The molecule has 2 N–H and O–H groups in total. The molecule has 1 aromatic rings. The average Bonchev–Trinajstić information content (AvgIpc) is 2.88. The highest BCUT2D eigenvalue weighted by atomic mass is 16.3. The van der Waals surface area contributed by atoms with E-state index in [0.717, 1.165) is 31.2 Å². The Morgan fingerprint density at radius 2 is 2.47 bits per heavy atom. The molecule has 1 aliphatic heterocycles. The van der Waals surface area contributed by atoms with Gasteiger partial charge in [0.2, 0.25) is 0 Å². The molecular formula is C14H24N2O. The largest absolute Gasteiger partial charge is 0.469 e. The molecule has 1 saturated heterocycles. The van der Waals surface area contributed by atoms with Gasteiger partial charge in [0.15, 0.2) is 0 Å². The second-order valence-electron chi connectivity index (χ2n) is 4.98. The number of hydrogen-bond donors (Lipinski definition) is 2. The quantitative estimate of drug-likeness (QED) is 0.743. The summed E-state index contributed by atoms with van der Waals surface area (Å²) in [5, 5.41) is 7.11. The van der Waals surface area contributed by atoms with Crippen molar-refractivity contribution in [2.24, 2.45) is 5.92 Å². The predicted molar refractivity (Wildman–Crippen MR) is 70.1 cm³/mol. The lowest BCUT2D eigenvalue weighted by Gasteiger charge is -2.29. The number of hydrogen-bond acceptors (Lipinski definition) is 3. The van der Waals surface area contributed by atoms with Crippen molar-refractivity contribution in [1.82, 2.24) is 10.6 Å². The molecule has 0 spiro atoms. The van der Waals surface area contributed by atoms with Crippen LogP contribution in [0.2, 0.25) is 0 Å². The minimum Gasteiger partial charge on any atom is -0.469 e. The molecule has 3 nitrogen and oxygen atoms in total. The lowest BCUT2D eigenvalue weighted by molar-refractivity contribution is 0.288. The van der Waals surface area contributed by atoms with Gasteiger partial charge in [0.25, 0.3) is 0 Å². The van der Waals surface area contributed by atoms with Gasteiger partial charge in [-0.05, 0) is 37.4 Å². The Morgan fingerprint density at radius 1 is 1.53 bits per heavy atom. The van der Waals surface area contributed by atoms with Crippen LogP contribution in [0.5, 0.6) is 0 Å². The third-order valence-corrected chi connectivity index (χ3v) is 3.70. The summed E-state index contributed by atoms with van der Waals surface area (Å²) >= 11 is 0. The average molecular weight is 236 g/mol. The minimum absolute atomic E-state index is 0.658. The maximum atomic E-state index is 5.30. The Bertz CT molecular complexity index is 297. The van der Waals surface area contributed by atoms with Crippen molar-refractivity contribution in [3.05, 3.63) is 24.2 Å².